The quantitative estimate of drug-likeness (QED) is 0.890. The third kappa shape index (κ3) is 2.62. The van der Waals surface area contributed by atoms with Crippen molar-refractivity contribution in [3.8, 4) is 11.5 Å². The van der Waals surface area contributed by atoms with Gasteiger partial charge in [-0.3, -0.25) is 0 Å². The molecule has 1 N–H and O–H groups in total. The van der Waals surface area contributed by atoms with Gasteiger partial charge in [0.1, 0.15) is 0 Å². The van der Waals surface area contributed by atoms with Crippen LogP contribution in [0.25, 0.3) is 0 Å². The Morgan fingerprint density at radius 1 is 1.10 bits per heavy atom. The van der Waals surface area contributed by atoms with Crippen molar-refractivity contribution < 1.29 is 9.47 Å². The van der Waals surface area contributed by atoms with E-state index >= 15 is 0 Å². The number of benzene rings is 1. The average molecular weight is 310 g/mol. The van der Waals surface area contributed by atoms with Crippen LogP contribution >= 0.6 is 11.6 Å². The van der Waals surface area contributed by atoms with E-state index in [4.69, 9.17) is 21.1 Å². The molecule has 21 heavy (non-hydrogen) atoms. The van der Waals surface area contributed by atoms with Gasteiger partial charge >= 0.3 is 0 Å². The van der Waals surface area contributed by atoms with Gasteiger partial charge < -0.3 is 14.8 Å². The topological polar surface area (TPSA) is 30.5 Å². The van der Waals surface area contributed by atoms with Crippen molar-refractivity contribution in [3.63, 3.8) is 0 Å². The number of methoxy groups -OCH3 is 2. The van der Waals surface area contributed by atoms with Gasteiger partial charge in [0, 0.05) is 17.1 Å². The van der Waals surface area contributed by atoms with Crippen LogP contribution in [0.15, 0.2) is 12.1 Å². The molecule has 0 saturated heterocycles. The molecule has 0 aliphatic heterocycles. The Kier molecular flexibility index (Phi) is 4.32. The van der Waals surface area contributed by atoms with Crippen LogP contribution in [0.4, 0.5) is 0 Å². The van der Waals surface area contributed by atoms with Crippen molar-refractivity contribution >= 4 is 11.6 Å². The van der Waals surface area contributed by atoms with Crippen LogP contribution < -0.4 is 14.8 Å². The summed E-state index contributed by atoms with van der Waals surface area (Å²) in [6, 6.07) is 4.21. The van der Waals surface area contributed by atoms with Gasteiger partial charge in [-0.15, -0.1) is 0 Å². The molecule has 1 aromatic carbocycles. The van der Waals surface area contributed by atoms with Gasteiger partial charge in [0.15, 0.2) is 11.5 Å². The first-order chi connectivity index (χ1) is 10.2. The average Bonchev–Trinajstić information content (AvgIpc) is 3.23. The fourth-order valence-electron chi connectivity index (χ4n) is 4.21. The monoisotopic (exact) mass is 309 g/mol. The molecule has 116 valence electrons. The van der Waals surface area contributed by atoms with Crippen LogP contribution in [0.1, 0.15) is 37.3 Å². The normalized spacial score (nSPS) is 28.7. The molecule has 2 fully saturated rings. The van der Waals surface area contributed by atoms with Gasteiger partial charge in [0.05, 0.1) is 14.2 Å². The molecule has 0 radical (unpaired) electrons. The third-order valence-corrected chi connectivity index (χ3v) is 5.58. The van der Waals surface area contributed by atoms with E-state index in [1.807, 2.05) is 19.2 Å². The largest absolute Gasteiger partial charge is 0.493 e. The van der Waals surface area contributed by atoms with Crippen molar-refractivity contribution in [3.05, 3.63) is 22.7 Å². The van der Waals surface area contributed by atoms with E-state index in [2.05, 4.69) is 5.32 Å². The number of halogens is 1. The maximum absolute atomic E-state index is 6.50. The van der Waals surface area contributed by atoms with Gasteiger partial charge in [-0.1, -0.05) is 24.4 Å². The zero-order valence-electron chi connectivity index (χ0n) is 13.0. The summed E-state index contributed by atoms with van der Waals surface area (Å²) in [7, 11) is 5.34. The third-order valence-electron chi connectivity index (χ3n) is 5.26. The first kappa shape index (κ1) is 15.0. The fraction of sp³-hybridized carbons (Fsp3) is 0.647. The number of ether oxygens (including phenoxy) is 2. The molecule has 0 heterocycles. The zero-order valence-corrected chi connectivity index (χ0v) is 13.7. The minimum atomic E-state index is 0.311. The maximum atomic E-state index is 6.50. The standard InChI is InChI=1S/C17H24ClNO2/c1-19-17(16-10-6-4-5-7-11(10)16)12-8-14(20-2)15(21-3)9-13(12)18/h8-11,16-17,19H,4-7H2,1-3H3. The molecule has 3 nitrogen and oxygen atoms in total. The molecule has 0 spiro atoms. The highest BCUT2D eigenvalue weighted by molar-refractivity contribution is 6.31. The van der Waals surface area contributed by atoms with Crippen LogP contribution in [0.5, 0.6) is 11.5 Å². The Morgan fingerprint density at radius 3 is 2.19 bits per heavy atom. The van der Waals surface area contributed by atoms with Gasteiger partial charge in [-0.05, 0) is 49.3 Å². The van der Waals surface area contributed by atoms with Gasteiger partial charge in [0.2, 0.25) is 0 Å². The molecule has 3 rings (SSSR count). The Balaban J connectivity index is 1.90. The second-order valence-electron chi connectivity index (χ2n) is 6.18. The van der Waals surface area contributed by atoms with Crippen LogP contribution in [0.3, 0.4) is 0 Å². The second kappa shape index (κ2) is 6.05. The summed E-state index contributed by atoms with van der Waals surface area (Å²) in [5.41, 5.74) is 1.14. The van der Waals surface area contributed by atoms with Gasteiger partial charge in [-0.25, -0.2) is 0 Å². The van der Waals surface area contributed by atoms with E-state index in [-0.39, 0.29) is 0 Å². The molecule has 2 saturated carbocycles. The predicted molar refractivity (Wildman–Crippen MR) is 85.3 cm³/mol. The maximum Gasteiger partial charge on any atom is 0.162 e. The van der Waals surface area contributed by atoms with E-state index in [1.54, 1.807) is 14.2 Å². The highest BCUT2D eigenvalue weighted by Gasteiger charge is 2.54. The molecule has 4 heteroatoms. The molecule has 0 bridgehead atoms. The highest BCUT2D eigenvalue weighted by atomic mass is 35.5. The van der Waals surface area contributed by atoms with Crippen molar-refractivity contribution in [2.75, 3.05) is 21.3 Å². The fourth-order valence-corrected chi connectivity index (χ4v) is 4.48. The first-order valence-electron chi connectivity index (χ1n) is 7.80. The molecule has 0 amide bonds. The van der Waals surface area contributed by atoms with E-state index in [0.29, 0.717) is 17.7 Å². The van der Waals surface area contributed by atoms with E-state index in [0.717, 1.165) is 28.2 Å². The zero-order chi connectivity index (χ0) is 15.0. The molecular formula is C17H24ClNO2. The number of nitrogens with one attached hydrogen (secondary N) is 1. The van der Waals surface area contributed by atoms with E-state index in [1.165, 1.54) is 25.7 Å². The second-order valence-corrected chi connectivity index (χ2v) is 6.59. The van der Waals surface area contributed by atoms with Crippen molar-refractivity contribution in [1.29, 1.82) is 0 Å². The predicted octanol–water partition coefficient (Wildman–Crippen LogP) is 4.05. The lowest BCUT2D eigenvalue weighted by molar-refractivity contribution is 0.353. The molecule has 2 aliphatic rings. The summed E-state index contributed by atoms with van der Waals surface area (Å²) in [6.45, 7) is 0. The van der Waals surface area contributed by atoms with E-state index in [9.17, 15) is 0 Å². The Bertz CT molecular complexity index is 508. The summed E-state index contributed by atoms with van der Waals surface area (Å²) in [5, 5.41) is 4.25. The molecule has 1 aromatic rings. The van der Waals surface area contributed by atoms with Crippen LogP contribution in [-0.2, 0) is 0 Å². The minimum absolute atomic E-state index is 0.311. The molecule has 3 atom stereocenters. The Labute approximate surface area is 132 Å². The molecule has 0 aromatic heterocycles. The Morgan fingerprint density at radius 2 is 1.67 bits per heavy atom. The Hall–Kier alpha value is -0.930. The first-order valence-corrected chi connectivity index (χ1v) is 8.17. The van der Waals surface area contributed by atoms with Gasteiger partial charge in [0.25, 0.3) is 0 Å². The van der Waals surface area contributed by atoms with Crippen molar-refractivity contribution in [2.45, 2.75) is 31.7 Å². The number of rotatable bonds is 5. The summed E-state index contributed by atoms with van der Waals surface area (Å²) >= 11 is 6.50. The van der Waals surface area contributed by atoms with Crippen LogP contribution in [0.2, 0.25) is 5.02 Å². The van der Waals surface area contributed by atoms with E-state index < -0.39 is 0 Å². The molecule has 3 unspecified atom stereocenters. The van der Waals surface area contributed by atoms with Gasteiger partial charge in [-0.2, -0.15) is 0 Å². The smallest absolute Gasteiger partial charge is 0.162 e. The molecule has 2 aliphatic carbocycles. The highest BCUT2D eigenvalue weighted by Crippen LogP contribution is 2.61. The summed E-state index contributed by atoms with van der Waals surface area (Å²) in [4.78, 5) is 0. The minimum Gasteiger partial charge on any atom is -0.493 e. The summed E-state index contributed by atoms with van der Waals surface area (Å²) in [5.74, 6) is 3.91. The van der Waals surface area contributed by atoms with Crippen molar-refractivity contribution in [2.24, 2.45) is 17.8 Å². The lowest BCUT2D eigenvalue weighted by Crippen LogP contribution is -2.20. The molecular weight excluding hydrogens is 286 g/mol. The lowest BCUT2D eigenvalue weighted by Gasteiger charge is -2.20. The summed E-state index contributed by atoms with van der Waals surface area (Å²) < 4.78 is 10.8. The number of hydrogen-bond donors (Lipinski definition) is 1. The number of hydrogen-bond acceptors (Lipinski definition) is 3. The SMILES string of the molecule is CNC(c1cc(OC)c(OC)cc1Cl)C1C2CCCCC21. The van der Waals surface area contributed by atoms with Crippen LogP contribution in [-0.4, -0.2) is 21.3 Å². The number of fused-ring (bicyclic) bond motifs is 1. The summed E-state index contributed by atoms with van der Waals surface area (Å²) in [6.07, 6.45) is 5.51. The van der Waals surface area contributed by atoms with Crippen molar-refractivity contribution in [1.82, 2.24) is 5.32 Å². The lowest BCUT2D eigenvalue weighted by atomic mass is 9.99. The van der Waals surface area contributed by atoms with Crippen LogP contribution in [0, 0.1) is 17.8 Å².